The highest BCUT2D eigenvalue weighted by Gasteiger charge is 2.21. The average molecular weight is 506 g/mol. The zero-order chi connectivity index (χ0) is 19.5. The van der Waals surface area contributed by atoms with Gasteiger partial charge in [-0.3, -0.25) is 4.99 Å². The fourth-order valence-electron chi connectivity index (χ4n) is 3.03. The summed E-state index contributed by atoms with van der Waals surface area (Å²) in [5.74, 6) is 1.58. The number of nitrogens with one attached hydrogen (secondary N) is 1. The molecule has 0 radical (unpaired) electrons. The second kappa shape index (κ2) is 13.9. The number of pyridine rings is 1. The van der Waals surface area contributed by atoms with E-state index in [0.29, 0.717) is 18.5 Å². The maximum Gasteiger partial charge on any atom is 0.213 e. The molecular weight excluding hydrogens is 471 g/mol. The zero-order valence-electron chi connectivity index (χ0n) is 17.5. The third kappa shape index (κ3) is 8.91. The van der Waals surface area contributed by atoms with E-state index < -0.39 is 0 Å². The maximum atomic E-state index is 5.93. The van der Waals surface area contributed by atoms with Gasteiger partial charge in [-0.15, -0.1) is 24.0 Å². The molecule has 0 atom stereocenters. The van der Waals surface area contributed by atoms with Crippen LogP contribution in [0.1, 0.15) is 38.7 Å². The largest absolute Gasteiger partial charge is 0.475 e. The van der Waals surface area contributed by atoms with E-state index in [4.69, 9.17) is 14.2 Å². The fraction of sp³-hybridized carbons (Fsp3) is 0.700. The first-order chi connectivity index (χ1) is 13.1. The topological polar surface area (TPSA) is 68.2 Å². The Morgan fingerprint density at radius 1 is 1.29 bits per heavy atom. The van der Waals surface area contributed by atoms with Gasteiger partial charge < -0.3 is 24.4 Å². The Morgan fingerprint density at radius 2 is 2.04 bits per heavy atom. The SMILES string of the molecule is CN=C(NCc1ccc(OC(C)C)nc1)N1CCC(OCCCOC)CC1.I. The summed E-state index contributed by atoms with van der Waals surface area (Å²) in [5, 5.41) is 3.43. The van der Waals surface area contributed by atoms with Gasteiger partial charge in [0.05, 0.1) is 12.2 Å². The van der Waals surface area contributed by atoms with Crippen molar-refractivity contribution in [1.82, 2.24) is 15.2 Å². The monoisotopic (exact) mass is 506 g/mol. The average Bonchev–Trinajstić information content (AvgIpc) is 2.67. The van der Waals surface area contributed by atoms with E-state index in [1.165, 1.54) is 0 Å². The Labute approximate surface area is 186 Å². The van der Waals surface area contributed by atoms with Gasteiger partial charge in [-0.05, 0) is 38.7 Å². The van der Waals surface area contributed by atoms with Crippen molar-refractivity contribution in [1.29, 1.82) is 0 Å². The van der Waals surface area contributed by atoms with Crippen molar-refractivity contribution in [2.45, 2.75) is 51.9 Å². The third-order valence-electron chi connectivity index (χ3n) is 4.40. The number of piperidine rings is 1. The standard InChI is InChI=1S/C20H34N4O3.HI/c1-16(2)27-19-7-6-17(14-22-19)15-23-20(21-3)24-10-8-18(9-11-24)26-13-5-12-25-4;/h6-7,14,16,18H,5,8-13,15H2,1-4H3,(H,21,23);1H. The molecule has 0 aliphatic carbocycles. The predicted octanol–water partition coefficient (Wildman–Crippen LogP) is 3.08. The van der Waals surface area contributed by atoms with Crippen LogP contribution in [0.25, 0.3) is 0 Å². The molecule has 0 bridgehead atoms. The first kappa shape index (κ1) is 24.9. The second-order valence-electron chi connectivity index (χ2n) is 6.98. The Morgan fingerprint density at radius 3 is 2.61 bits per heavy atom. The fourth-order valence-corrected chi connectivity index (χ4v) is 3.03. The van der Waals surface area contributed by atoms with Crippen LogP contribution in [0.3, 0.4) is 0 Å². The summed E-state index contributed by atoms with van der Waals surface area (Å²) in [5.41, 5.74) is 1.10. The minimum atomic E-state index is 0. The lowest BCUT2D eigenvalue weighted by atomic mass is 10.1. The molecule has 0 amide bonds. The van der Waals surface area contributed by atoms with Crippen LogP contribution in [0.5, 0.6) is 5.88 Å². The summed E-state index contributed by atoms with van der Waals surface area (Å²) in [6.45, 7) is 8.12. The summed E-state index contributed by atoms with van der Waals surface area (Å²) in [7, 11) is 3.55. The predicted molar refractivity (Wildman–Crippen MR) is 123 cm³/mol. The molecule has 1 fully saturated rings. The molecule has 0 aromatic carbocycles. The molecule has 1 aliphatic rings. The van der Waals surface area contributed by atoms with Gasteiger partial charge in [0, 0.05) is 59.3 Å². The Kier molecular flexibility index (Phi) is 12.4. The van der Waals surface area contributed by atoms with E-state index in [0.717, 1.165) is 57.1 Å². The number of halogens is 1. The van der Waals surface area contributed by atoms with Crippen molar-refractivity contribution in [2.75, 3.05) is 40.5 Å². The van der Waals surface area contributed by atoms with Crippen LogP contribution in [0.2, 0.25) is 0 Å². The zero-order valence-corrected chi connectivity index (χ0v) is 19.8. The van der Waals surface area contributed by atoms with Crippen molar-refractivity contribution in [3.63, 3.8) is 0 Å². The van der Waals surface area contributed by atoms with E-state index in [1.807, 2.05) is 39.2 Å². The summed E-state index contributed by atoms with van der Waals surface area (Å²) in [4.78, 5) is 11.1. The van der Waals surface area contributed by atoms with E-state index >= 15 is 0 Å². The highest BCUT2D eigenvalue weighted by molar-refractivity contribution is 14.0. The molecule has 1 aromatic rings. The van der Waals surface area contributed by atoms with E-state index in [2.05, 4.69) is 20.2 Å². The van der Waals surface area contributed by atoms with E-state index in [1.54, 1.807) is 7.11 Å². The molecule has 7 nitrogen and oxygen atoms in total. The molecule has 1 aliphatic heterocycles. The normalized spacial score (nSPS) is 15.5. The molecule has 0 saturated carbocycles. The molecule has 0 spiro atoms. The molecule has 160 valence electrons. The number of hydrogen-bond acceptors (Lipinski definition) is 5. The lowest BCUT2D eigenvalue weighted by molar-refractivity contribution is 0.00989. The number of methoxy groups -OCH3 is 1. The first-order valence-corrected chi connectivity index (χ1v) is 9.80. The van der Waals surface area contributed by atoms with Crippen LogP contribution in [0.15, 0.2) is 23.3 Å². The Hall–Kier alpha value is -1.13. The van der Waals surface area contributed by atoms with Gasteiger partial charge in [0.15, 0.2) is 5.96 Å². The van der Waals surface area contributed by atoms with Gasteiger partial charge in [0.2, 0.25) is 5.88 Å². The van der Waals surface area contributed by atoms with Crippen molar-refractivity contribution >= 4 is 29.9 Å². The lowest BCUT2D eigenvalue weighted by Gasteiger charge is -2.34. The first-order valence-electron chi connectivity index (χ1n) is 9.80. The van der Waals surface area contributed by atoms with Crippen molar-refractivity contribution in [2.24, 2.45) is 4.99 Å². The van der Waals surface area contributed by atoms with Gasteiger partial charge in [-0.1, -0.05) is 6.07 Å². The highest BCUT2D eigenvalue weighted by Crippen LogP contribution is 2.15. The van der Waals surface area contributed by atoms with Crippen LogP contribution in [-0.2, 0) is 16.0 Å². The number of hydrogen-bond donors (Lipinski definition) is 1. The second-order valence-corrected chi connectivity index (χ2v) is 6.98. The van der Waals surface area contributed by atoms with Gasteiger partial charge in [0.25, 0.3) is 0 Å². The maximum absolute atomic E-state index is 5.93. The number of aliphatic imine (C=N–C) groups is 1. The molecular formula is C20H35IN4O3. The molecule has 2 heterocycles. The van der Waals surface area contributed by atoms with Crippen molar-refractivity contribution < 1.29 is 14.2 Å². The van der Waals surface area contributed by atoms with Crippen LogP contribution >= 0.6 is 24.0 Å². The number of guanidine groups is 1. The smallest absolute Gasteiger partial charge is 0.213 e. The van der Waals surface area contributed by atoms with Gasteiger partial charge in [-0.2, -0.15) is 0 Å². The number of nitrogens with zero attached hydrogens (tertiary/aromatic N) is 3. The molecule has 1 saturated heterocycles. The van der Waals surface area contributed by atoms with Crippen LogP contribution in [0.4, 0.5) is 0 Å². The quantitative estimate of drug-likeness (QED) is 0.240. The summed E-state index contributed by atoms with van der Waals surface area (Å²) < 4.78 is 16.6. The molecule has 8 heteroatoms. The summed E-state index contributed by atoms with van der Waals surface area (Å²) in [6.07, 6.45) is 5.32. The number of ether oxygens (including phenoxy) is 3. The van der Waals surface area contributed by atoms with E-state index in [-0.39, 0.29) is 30.1 Å². The Balaban J connectivity index is 0.00000392. The number of aromatic nitrogens is 1. The van der Waals surface area contributed by atoms with Gasteiger partial charge in [0.1, 0.15) is 0 Å². The summed E-state index contributed by atoms with van der Waals surface area (Å²) >= 11 is 0. The third-order valence-corrected chi connectivity index (χ3v) is 4.40. The van der Waals surface area contributed by atoms with Gasteiger partial charge in [-0.25, -0.2) is 4.98 Å². The van der Waals surface area contributed by atoms with Crippen molar-refractivity contribution in [3.8, 4) is 5.88 Å². The van der Waals surface area contributed by atoms with Crippen molar-refractivity contribution in [3.05, 3.63) is 23.9 Å². The molecule has 0 unspecified atom stereocenters. The van der Waals surface area contributed by atoms with Gasteiger partial charge >= 0.3 is 0 Å². The minimum absolute atomic E-state index is 0. The van der Waals surface area contributed by atoms with Crippen LogP contribution in [0, 0.1) is 0 Å². The number of rotatable bonds is 9. The van der Waals surface area contributed by atoms with Crippen LogP contribution < -0.4 is 10.1 Å². The lowest BCUT2D eigenvalue weighted by Crippen LogP contribution is -2.46. The minimum Gasteiger partial charge on any atom is -0.475 e. The molecule has 2 rings (SSSR count). The Bertz CT molecular complexity index is 561. The molecule has 28 heavy (non-hydrogen) atoms. The molecule has 1 N–H and O–H groups in total. The number of likely N-dealkylation sites (tertiary alicyclic amines) is 1. The molecule has 1 aromatic heterocycles. The summed E-state index contributed by atoms with van der Waals surface area (Å²) in [6, 6.07) is 3.94. The van der Waals surface area contributed by atoms with Crippen LogP contribution in [-0.4, -0.2) is 68.5 Å². The highest BCUT2D eigenvalue weighted by atomic mass is 127. The van der Waals surface area contributed by atoms with E-state index in [9.17, 15) is 0 Å².